The summed E-state index contributed by atoms with van der Waals surface area (Å²) in [6, 6.07) is 5.87. The van der Waals surface area contributed by atoms with Crippen molar-refractivity contribution in [1.29, 1.82) is 0 Å². The first kappa shape index (κ1) is 14.9. The van der Waals surface area contributed by atoms with Gasteiger partial charge in [0.15, 0.2) is 5.84 Å². The summed E-state index contributed by atoms with van der Waals surface area (Å²) in [4.78, 5) is 2.28. The van der Waals surface area contributed by atoms with E-state index in [4.69, 9.17) is 22.5 Å². The summed E-state index contributed by atoms with van der Waals surface area (Å²) in [6.45, 7) is 1.15. The molecule has 6 heteroatoms. The largest absolute Gasteiger partial charge is 0.409 e. The van der Waals surface area contributed by atoms with Crippen molar-refractivity contribution in [1.82, 2.24) is 0 Å². The molecule has 1 heterocycles. The van der Waals surface area contributed by atoms with Gasteiger partial charge in [0, 0.05) is 30.4 Å². The average Bonchev–Trinajstić information content (AvgIpc) is 2.47. The van der Waals surface area contributed by atoms with Crippen LogP contribution in [0.4, 0.5) is 5.69 Å². The second-order valence-corrected chi connectivity index (χ2v) is 5.41. The molecule has 0 bridgehead atoms. The highest BCUT2D eigenvalue weighted by Crippen LogP contribution is 2.30. The van der Waals surface area contributed by atoms with E-state index in [-0.39, 0.29) is 12.4 Å². The van der Waals surface area contributed by atoms with E-state index in [0.717, 1.165) is 31.5 Å². The molecule has 4 N–H and O–H groups in total. The lowest BCUT2D eigenvalue weighted by Gasteiger charge is -2.37. The van der Waals surface area contributed by atoms with Crippen LogP contribution in [-0.4, -0.2) is 35.3 Å². The lowest BCUT2D eigenvalue weighted by Crippen LogP contribution is -2.40. The summed E-state index contributed by atoms with van der Waals surface area (Å²) in [7, 11) is 0. The fraction of sp³-hybridized carbons (Fsp3) is 0.500. The minimum atomic E-state index is 0.00658. The Morgan fingerprint density at radius 1 is 1.45 bits per heavy atom. The number of benzene rings is 1. The second kappa shape index (κ2) is 6.81. The number of rotatable bonds is 4. The number of halogens is 1. The lowest BCUT2D eigenvalue weighted by atomic mass is 9.98. The molecule has 1 atom stereocenters. The third-order valence-electron chi connectivity index (χ3n) is 3.76. The molecule has 0 radical (unpaired) electrons. The zero-order valence-electron chi connectivity index (χ0n) is 11.3. The van der Waals surface area contributed by atoms with Gasteiger partial charge in [-0.3, -0.25) is 0 Å². The molecule has 1 unspecified atom stereocenters. The third kappa shape index (κ3) is 3.16. The minimum Gasteiger partial charge on any atom is -0.409 e. The molecule has 1 aromatic rings. The predicted molar refractivity (Wildman–Crippen MR) is 80.7 cm³/mol. The van der Waals surface area contributed by atoms with Gasteiger partial charge < -0.3 is 20.9 Å². The fourth-order valence-electron chi connectivity index (χ4n) is 2.73. The van der Waals surface area contributed by atoms with Crippen molar-refractivity contribution >= 4 is 23.1 Å². The topological polar surface area (TPSA) is 82.1 Å². The Balaban J connectivity index is 2.25. The quantitative estimate of drug-likeness (QED) is 0.344. The smallest absolute Gasteiger partial charge is 0.171 e. The van der Waals surface area contributed by atoms with Crippen LogP contribution in [0.15, 0.2) is 23.4 Å². The van der Waals surface area contributed by atoms with Gasteiger partial charge >= 0.3 is 0 Å². The van der Waals surface area contributed by atoms with Gasteiger partial charge in [0.25, 0.3) is 0 Å². The Kier molecular flexibility index (Phi) is 5.09. The Labute approximate surface area is 123 Å². The van der Waals surface area contributed by atoms with Gasteiger partial charge in [-0.1, -0.05) is 16.8 Å². The Morgan fingerprint density at radius 2 is 2.25 bits per heavy atom. The van der Waals surface area contributed by atoms with E-state index in [1.54, 1.807) is 6.07 Å². The van der Waals surface area contributed by atoms with Gasteiger partial charge in [-0.15, -0.1) is 0 Å². The number of hydrogen-bond donors (Lipinski definition) is 3. The highest BCUT2D eigenvalue weighted by molar-refractivity contribution is 6.34. The van der Waals surface area contributed by atoms with Crippen LogP contribution in [-0.2, 0) is 0 Å². The number of nitrogens with zero attached hydrogens (tertiary/aromatic N) is 2. The fourth-order valence-corrected chi connectivity index (χ4v) is 3.01. The van der Waals surface area contributed by atoms with E-state index in [9.17, 15) is 5.11 Å². The molecule has 0 amide bonds. The zero-order valence-corrected chi connectivity index (χ0v) is 12.1. The van der Waals surface area contributed by atoms with Crippen molar-refractivity contribution in [2.24, 2.45) is 10.9 Å². The molecule has 0 spiro atoms. The number of aliphatic hydroxyl groups is 1. The average molecular weight is 298 g/mol. The van der Waals surface area contributed by atoms with Gasteiger partial charge in [-0.05, 0) is 43.9 Å². The molecular formula is C14H20ClN3O2. The number of piperidine rings is 1. The number of anilines is 1. The van der Waals surface area contributed by atoms with Gasteiger partial charge in [-0.25, -0.2) is 0 Å². The molecule has 110 valence electrons. The van der Waals surface area contributed by atoms with E-state index in [2.05, 4.69) is 10.1 Å². The van der Waals surface area contributed by atoms with E-state index in [1.165, 1.54) is 6.42 Å². The Morgan fingerprint density at radius 3 is 2.90 bits per heavy atom. The molecule has 2 rings (SSSR count). The first-order chi connectivity index (χ1) is 9.67. The molecule has 0 saturated carbocycles. The lowest BCUT2D eigenvalue weighted by molar-refractivity contribution is 0.262. The van der Waals surface area contributed by atoms with Crippen molar-refractivity contribution in [2.75, 3.05) is 18.1 Å². The van der Waals surface area contributed by atoms with Gasteiger partial charge in [-0.2, -0.15) is 0 Å². The van der Waals surface area contributed by atoms with E-state index >= 15 is 0 Å². The van der Waals surface area contributed by atoms with Crippen LogP contribution in [0.1, 0.15) is 31.2 Å². The summed E-state index contributed by atoms with van der Waals surface area (Å²) in [5, 5.41) is 21.3. The van der Waals surface area contributed by atoms with Crippen molar-refractivity contribution in [3.63, 3.8) is 0 Å². The Bertz CT molecular complexity index is 491. The summed E-state index contributed by atoms with van der Waals surface area (Å²) in [5.74, 6) is 0.00658. The highest BCUT2D eigenvalue weighted by atomic mass is 35.5. The van der Waals surface area contributed by atoms with E-state index in [1.807, 2.05) is 12.1 Å². The molecule has 1 saturated heterocycles. The molecule has 1 aromatic carbocycles. The first-order valence-corrected chi connectivity index (χ1v) is 7.20. The van der Waals surface area contributed by atoms with Crippen LogP contribution in [0.3, 0.4) is 0 Å². The summed E-state index contributed by atoms with van der Waals surface area (Å²) in [6.07, 6.45) is 4.18. The number of aliphatic hydroxyl groups excluding tert-OH is 1. The second-order valence-electron chi connectivity index (χ2n) is 5.00. The maximum atomic E-state index is 9.17. The van der Waals surface area contributed by atoms with Crippen LogP contribution < -0.4 is 10.6 Å². The minimum absolute atomic E-state index is 0.00658. The zero-order chi connectivity index (χ0) is 14.5. The Hall–Kier alpha value is -1.46. The molecule has 0 aromatic heterocycles. The molecule has 1 fully saturated rings. The van der Waals surface area contributed by atoms with Crippen LogP contribution in [0.2, 0.25) is 5.02 Å². The van der Waals surface area contributed by atoms with Crippen molar-refractivity contribution in [3.05, 3.63) is 28.8 Å². The number of amidine groups is 1. The first-order valence-electron chi connectivity index (χ1n) is 6.82. The molecule has 0 aliphatic carbocycles. The summed E-state index contributed by atoms with van der Waals surface area (Å²) >= 11 is 6.20. The summed E-state index contributed by atoms with van der Waals surface area (Å²) in [5.41, 5.74) is 7.11. The molecule has 5 nitrogen and oxygen atoms in total. The van der Waals surface area contributed by atoms with Gasteiger partial charge in [0.05, 0.1) is 5.02 Å². The van der Waals surface area contributed by atoms with Gasteiger partial charge in [0.2, 0.25) is 0 Å². The van der Waals surface area contributed by atoms with Crippen molar-refractivity contribution in [2.45, 2.75) is 31.7 Å². The summed E-state index contributed by atoms with van der Waals surface area (Å²) < 4.78 is 0. The molecule has 1 aliphatic rings. The number of hydrogen-bond acceptors (Lipinski definition) is 4. The maximum absolute atomic E-state index is 9.17. The van der Waals surface area contributed by atoms with Crippen LogP contribution in [0, 0.1) is 0 Å². The standard InChI is InChI=1S/C14H20ClN3O2/c15-13-9-11(4-5-12(13)14(16)17-20)18-7-2-1-3-10(18)6-8-19/h4-5,9-10,19-20H,1-3,6-8H2,(H2,16,17). The van der Waals surface area contributed by atoms with E-state index in [0.29, 0.717) is 16.6 Å². The monoisotopic (exact) mass is 297 g/mol. The van der Waals surface area contributed by atoms with Crippen LogP contribution in [0.5, 0.6) is 0 Å². The highest BCUT2D eigenvalue weighted by Gasteiger charge is 2.22. The number of nitrogens with two attached hydrogens (primary N) is 1. The molecule has 1 aliphatic heterocycles. The van der Waals surface area contributed by atoms with Crippen LogP contribution >= 0.6 is 11.6 Å². The number of oxime groups is 1. The van der Waals surface area contributed by atoms with Crippen molar-refractivity contribution in [3.8, 4) is 0 Å². The maximum Gasteiger partial charge on any atom is 0.171 e. The third-order valence-corrected chi connectivity index (χ3v) is 4.07. The SMILES string of the molecule is NC(=NO)c1ccc(N2CCCCC2CCO)cc1Cl. The normalized spacial score (nSPS) is 20.2. The molecular weight excluding hydrogens is 278 g/mol. The van der Waals surface area contributed by atoms with Gasteiger partial charge in [0.1, 0.15) is 0 Å². The van der Waals surface area contributed by atoms with Crippen LogP contribution in [0.25, 0.3) is 0 Å². The molecule has 20 heavy (non-hydrogen) atoms. The van der Waals surface area contributed by atoms with E-state index < -0.39 is 0 Å². The van der Waals surface area contributed by atoms with Crippen molar-refractivity contribution < 1.29 is 10.3 Å². The predicted octanol–water partition coefficient (Wildman–Crippen LogP) is 2.18.